The number of rotatable bonds is 0. The molecular weight excluding hydrogens is 181 g/mol. The fraction of sp³-hybridized carbons (Fsp3) is 0.0769. The van der Waals surface area contributed by atoms with E-state index in [-0.39, 0.29) is 0 Å². The summed E-state index contributed by atoms with van der Waals surface area (Å²) in [6.45, 7) is 2.52. The lowest BCUT2D eigenvalue weighted by molar-refractivity contribution is 1.33. The van der Waals surface area contributed by atoms with Crippen LogP contribution in [0.15, 0.2) is 48.5 Å². The molecule has 0 saturated carbocycles. The molecule has 0 aromatic heterocycles. The second-order valence-electron chi connectivity index (χ2n) is 4.05. The number of fused-ring (bicyclic) bond motifs is 3. The van der Waals surface area contributed by atoms with E-state index in [9.17, 15) is 0 Å². The fourth-order valence-corrected chi connectivity index (χ4v) is 2.16. The highest BCUT2D eigenvalue weighted by Gasteiger charge is 2.23. The van der Waals surface area contributed by atoms with Crippen molar-refractivity contribution >= 4 is 18.6 Å². The molecule has 2 aliphatic rings. The number of allylic oxidation sites excluding steroid dienone is 2. The summed E-state index contributed by atoms with van der Waals surface area (Å²) in [5.74, 6) is 4.45. The highest BCUT2D eigenvalue weighted by Crippen LogP contribution is 2.30. The smallest absolute Gasteiger partial charge is 0.312 e. The maximum absolute atomic E-state index is 2.30. The Morgan fingerprint density at radius 2 is 2.07 bits per heavy atom. The second-order valence-corrected chi connectivity index (χ2v) is 4.05. The third-order valence-electron chi connectivity index (χ3n) is 2.92. The number of hydrogen-bond acceptors (Lipinski definition) is 1. The zero-order valence-corrected chi connectivity index (χ0v) is 8.72. The Morgan fingerprint density at radius 3 is 3.00 bits per heavy atom. The van der Waals surface area contributed by atoms with Crippen LogP contribution in [0.5, 0.6) is 0 Å². The van der Waals surface area contributed by atoms with Gasteiger partial charge in [-0.25, -0.2) is 0 Å². The van der Waals surface area contributed by atoms with Crippen LogP contribution >= 0.6 is 0 Å². The molecule has 0 saturated heterocycles. The van der Waals surface area contributed by atoms with Gasteiger partial charge in [-0.05, 0) is 30.8 Å². The van der Waals surface area contributed by atoms with E-state index >= 15 is 0 Å². The topological polar surface area (TPSA) is 3.24 Å². The van der Waals surface area contributed by atoms with Crippen LogP contribution < -0.4 is 4.81 Å². The Kier molecular flexibility index (Phi) is 1.81. The van der Waals surface area contributed by atoms with Gasteiger partial charge in [-0.15, -0.1) is 0 Å². The van der Waals surface area contributed by atoms with E-state index in [1.807, 2.05) is 0 Å². The number of nitrogens with zero attached hydrogens (tertiary/aromatic N) is 1. The van der Waals surface area contributed by atoms with Gasteiger partial charge in [0.15, 0.2) is 0 Å². The van der Waals surface area contributed by atoms with Crippen molar-refractivity contribution in [1.82, 2.24) is 0 Å². The molecule has 0 spiro atoms. The molecule has 15 heavy (non-hydrogen) atoms. The van der Waals surface area contributed by atoms with Crippen molar-refractivity contribution in [3.63, 3.8) is 0 Å². The number of aryl methyl sites for hydroxylation is 1. The first-order valence-corrected chi connectivity index (χ1v) is 5.27. The summed E-state index contributed by atoms with van der Waals surface area (Å²) in [5, 5.41) is 0. The van der Waals surface area contributed by atoms with Gasteiger partial charge in [-0.1, -0.05) is 41.8 Å². The molecule has 1 aromatic carbocycles. The summed E-state index contributed by atoms with van der Waals surface area (Å²) in [6.07, 6.45) is 8.54. The fourth-order valence-electron chi connectivity index (χ4n) is 2.16. The predicted octanol–water partition coefficient (Wildman–Crippen LogP) is 2.98. The van der Waals surface area contributed by atoms with Crippen LogP contribution in [-0.4, -0.2) is 6.85 Å². The predicted molar refractivity (Wildman–Crippen MR) is 66.7 cm³/mol. The van der Waals surface area contributed by atoms with E-state index in [1.165, 1.54) is 16.8 Å². The largest absolute Gasteiger partial charge is 0.383 e. The number of anilines is 1. The van der Waals surface area contributed by atoms with Gasteiger partial charge >= 0.3 is 6.85 Å². The van der Waals surface area contributed by atoms with Crippen LogP contribution in [0.4, 0.5) is 5.69 Å². The quantitative estimate of drug-likeness (QED) is 0.572. The molecule has 72 valence electrons. The minimum absolute atomic E-state index is 0.394. The first kappa shape index (κ1) is 8.60. The van der Waals surface area contributed by atoms with Crippen molar-refractivity contribution in [3.8, 4) is 0 Å². The third kappa shape index (κ3) is 1.33. The van der Waals surface area contributed by atoms with Crippen molar-refractivity contribution in [3.05, 3.63) is 59.6 Å². The van der Waals surface area contributed by atoms with E-state index in [2.05, 4.69) is 66.3 Å². The minimum Gasteiger partial charge on any atom is -0.383 e. The Balaban J connectivity index is 2.14. The molecule has 0 aliphatic carbocycles. The van der Waals surface area contributed by atoms with Crippen molar-refractivity contribution in [1.29, 1.82) is 0 Å². The maximum Gasteiger partial charge on any atom is 0.312 e. The van der Waals surface area contributed by atoms with Gasteiger partial charge in [0.05, 0.1) is 0 Å². The third-order valence-corrected chi connectivity index (χ3v) is 2.92. The van der Waals surface area contributed by atoms with E-state index in [4.69, 9.17) is 0 Å². The molecule has 0 N–H and O–H groups in total. The molecule has 0 fully saturated rings. The molecule has 2 heteroatoms. The summed E-state index contributed by atoms with van der Waals surface area (Å²) < 4.78 is 0. The lowest BCUT2D eigenvalue weighted by atomic mass is 9.57. The normalized spacial score (nSPS) is 16.6. The molecular formula is C13H12BN. The van der Waals surface area contributed by atoms with Crippen molar-refractivity contribution in [2.45, 2.75) is 6.92 Å². The molecule has 0 atom stereocenters. The summed E-state index contributed by atoms with van der Waals surface area (Å²) in [5.41, 5.74) is 3.92. The van der Waals surface area contributed by atoms with Gasteiger partial charge in [-0.2, -0.15) is 0 Å². The lowest BCUT2D eigenvalue weighted by Gasteiger charge is -2.31. The maximum atomic E-state index is 2.30. The minimum atomic E-state index is 0.394. The molecule has 2 aliphatic heterocycles. The van der Waals surface area contributed by atoms with Crippen LogP contribution in [0.1, 0.15) is 11.1 Å². The molecule has 0 unspecified atom stereocenters. The zero-order valence-electron chi connectivity index (χ0n) is 8.72. The summed E-state index contributed by atoms with van der Waals surface area (Å²) in [4.78, 5) is 2.30. The van der Waals surface area contributed by atoms with E-state index in [0.29, 0.717) is 6.85 Å². The van der Waals surface area contributed by atoms with Crippen LogP contribution in [0.3, 0.4) is 0 Å². The molecule has 1 nitrogen and oxygen atoms in total. The van der Waals surface area contributed by atoms with Gasteiger partial charge in [0.2, 0.25) is 0 Å². The van der Waals surface area contributed by atoms with E-state index in [0.717, 1.165) is 0 Å². The molecule has 0 bridgehead atoms. The molecule has 2 heterocycles. The zero-order chi connectivity index (χ0) is 10.3. The standard InChI is InChI=1S/C13H12BN/c1-11-4-5-13-12(10-11)6-8-14-7-2-3-9-15(13)14/h2-10H,1H3. The van der Waals surface area contributed by atoms with Crippen molar-refractivity contribution in [2.75, 3.05) is 4.81 Å². The van der Waals surface area contributed by atoms with Gasteiger partial charge in [-0.3, -0.25) is 0 Å². The number of hydrogen-bond donors (Lipinski definition) is 0. The van der Waals surface area contributed by atoms with Gasteiger partial charge < -0.3 is 4.81 Å². The Bertz CT molecular complexity index is 485. The van der Waals surface area contributed by atoms with Gasteiger partial charge in [0.25, 0.3) is 0 Å². The number of benzene rings is 1. The first-order chi connectivity index (χ1) is 7.34. The van der Waals surface area contributed by atoms with Gasteiger partial charge in [0, 0.05) is 5.69 Å². The first-order valence-electron chi connectivity index (χ1n) is 5.27. The molecule has 3 rings (SSSR count). The van der Waals surface area contributed by atoms with Crippen LogP contribution in [-0.2, 0) is 0 Å². The van der Waals surface area contributed by atoms with E-state index < -0.39 is 0 Å². The van der Waals surface area contributed by atoms with E-state index in [1.54, 1.807) is 0 Å². The second kappa shape index (κ2) is 3.16. The average molecular weight is 193 g/mol. The van der Waals surface area contributed by atoms with Crippen LogP contribution in [0, 0.1) is 6.92 Å². The Morgan fingerprint density at radius 1 is 1.13 bits per heavy atom. The molecule has 0 amide bonds. The highest BCUT2D eigenvalue weighted by molar-refractivity contribution is 6.75. The summed E-state index contributed by atoms with van der Waals surface area (Å²) >= 11 is 0. The SMILES string of the molecule is Cc1ccc2c(c1)C=CB1C=CC=CN12. The Hall–Kier alpha value is -1.70. The van der Waals surface area contributed by atoms with Crippen molar-refractivity contribution in [2.24, 2.45) is 0 Å². The Labute approximate surface area is 90.5 Å². The van der Waals surface area contributed by atoms with Gasteiger partial charge in [0.1, 0.15) is 0 Å². The molecule has 1 aromatic rings. The van der Waals surface area contributed by atoms with Crippen LogP contribution in [0.25, 0.3) is 6.08 Å². The summed E-state index contributed by atoms with van der Waals surface area (Å²) in [6, 6.07) is 6.60. The highest BCUT2D eigenvalue weighted by atomic mass is 15.1. The van der Waals surface area contributed by atoms with Crippen LogP contribution in [0.2, 0.25) is 0 Å². The lowest BCUT2D eigenvalue weighted by Crippen LogP contribution is -2.35. The molecule has 0 radical (unpaired) electrons. The monoisotopic (exact) mass is 193 g/mol. The van der Waals surface area contributed by atoms with Crippen molar-refractivity contribution < 1.29 is 0 Å². The average Bonchev–Trinajstić information content (AvgIpc) is 2.28. The summed E-state index contributed by atoms with van der Waals surface area (Å²) in [7, 11) is 0.